The molecule has 1 aliphatic rings. The highest BCUT2D eigenvalue weighted by Gasteiger charge is 2.24. The third-order valence-corrected chi connectivity index (χ3v) is 4.95. The minimum absolute atomic E-state index is 0.178. The number of rotatable bonds is 5. The molecule has 3 rings (SSSR count). The predicted octanol–water partition coefficient (Wildman–Crippen LogP) is 3.27. The fraction of sp³-hybridized carbons (Fsp3) is 0.467. The molecule has 0 bridgehead atoms. The highest BCUT2D eigenvalue weighted by molar-refractivity contribution is 7.99. The summed E-state index contributed by atoms with van der Waals surface area (Å²) in [7, 11) is 0. The molecule has 106 valence electrons. The molecule has 2 N–H and O–H groups in total. The van der Waals surface area contributed by atoms with Gasteiger partial charge in [-0.3, -0.25) is 0 Å². The maximum atomic E-state index is 6.15. The Morgan fingerprint density at radius 1 is 1.35 bits per heavy atom. The third-order valence-electron chi connectivity index (χ3n) is 3.58. The van der Waals surface area contributed by atoms with E-state index < -0.39 is 0 Å². The van der Waals surface area contributed by atoms with Gasteiger partial charge in [0.05, 0.1) is 11.3 Å². The molecule has 2 heterocycles. The van der Waals surface area contributed by atoms with Crippen molar-refractivity contribution < 1.29 is 4.52 Å². The van der Waals surface area contributed by atoms with Crippen LogP contribution >= 0.6 is 11.8 Å². The van der Waals surface area contributed by atoms with E-state index in [4.69, 9.17) is 10.3 Å². The Morgan fingerprint density at radius 3 is 2.95 bits per heavy atom. The smallest absolute Gasteiger partial charge is 0.243 e. The van der Waals surface area contributed by atoms with Gasteiger partial charge in [-0.1, -0.05) is 35.5 Å². The van der Waals surface area contributed by atoms with Crippen molar-refractivity contribution in [3.63, 3.8) is 0 Å². The maximum absolute atomic E-state index is 6.15. The second-order valence-corrected chi connectivity index (χ2v) is 6.43. The SMILES string of the molecule is NC(CCc1ccccc1)c1nc(C2CCCS2)no1. The standard InChI is InChI=1S/C15H19N3OS/c16-12(9-8-11-5-2-1-3-6-11)15-17-14(18-19-15)13-7-4-10-20-13/h1-3,5-6,12-13H,4,7-10,16H2. The molecule has 2 aromatic rings. The van der Waals surface area contributed by atoms with Crippen molar-refractivity contribution in [3.8, 4) is 0 Å². The first-order chi connectivity index (χ1) is 9.83. The van der Waals surface area contributed by atoms with Crippen LogP contribution in [0, 0.1) is 0 Å². The van der Waals surface area contributed by atoms with E-state index in [-0.39, 0.29) is 6.04 Å². The Bertz CT molecular complexity index is 537. The molecule has 0 spiro atoms. The largest absolute Gasteiger partial charge is 0.338 e. The summed E-state index contributed by atoms with van der Waals surface area (Å²) in [6.45, 7) is 0. The quantitative estimate of drug-likeness (QED) is 0.915. The first-order valence-electron chi connectivity index (χ1n) is 7.07. The van der Waals surface area contributed by atoms with Gasteiger partial charge in [0.1, 0.15) is 0 Å². The Morgan fingerprint density at radius 2 is 2.20 bits per heavy atom. The lowest BCUT2D eigenvalue weighted by Gasteiger charge is -2.06. The van der Waals surface area contributed by atoms with Crippen molar-refractivity contribution >= 4 is 11.8 Å². The fourth-order valence-electron chi connectivity index (χ4n) is 2.40. The molecule has 1 aromatic carbocycles. The van der Waals surface area contributed by atoms with Crippen LogP contribution in [0.5, 0.6) is 0 Å². The zero-order valence-electron chi connectivity index (χ0n) is 11.4. The summed E-state index contributed by atoms with van der Waals surface area (Å²) in [5, 5.41) is 4.48. The molecule has 1 aliphatic heterocycles. The van der Waals surface area contributed by atoms with Gasteiger partial charge in [0.25, 0.3) is 0 Å². The molecule has 2 unspecified atom stereocenters. The summed E-state index contributed by atoms with van der Waals surface area (Å²) < 4.78 is 5.33. The molecular weight excluding hydrogens is 270 g/mol. The van der Waals surface area contributed by atoms with E-state index in [9.17, 15) is 0 Å². The average Bonchev–Trinajstić information content (AvgIpc) is 3.16. The molecule has 1 aromatic heterocycles. The minimum atomic E-state index is -0.178. The molecule has 0 aliphatic carbocycles. The van der Waals surface area contributed by atoms with E-state index in [2.05, 4.69) is 22.3 Å². The molecule has 4 nitrogen and oxygen atoms in total. The van der Waals surface area contributed by atoms with Gasteiger partial charge in [0, 0.05) is 0 Å². The van der Waals surface area contributed by atoms with Gasteiger partial charge in [-0.05, 0) is 37.0 Å². The summed E-state index contributed by atoms with van der Waals surface area (Å²) >= 11 is 1.90. The van der Waals surface area contributed by atoms with Crippen LogP contribution < -0.4 is 5.73 Å². The molecule has 20 heavy (non-hydrogen) atoms. The Balaban J connectivity index is 1.58. The Hall–Kier alpha value is -1.33. The van der Waals surface area contributed by atoms with Crippen LogP contribution in [0.4, 0.5) is 0 Å². The van der Waals surface area contributed by atoms with Gasteiger partial charge in [0.15, 0.2) is 5.82 Å². The molecule has 0 amide bonds. The summed E-state index contributed by atoms with van der Waals surface area (Å²) in [6.07, 6.45) is 4.13. The molecule has 1 saturated heterocycles. The van der Waals surface area contributed by atoms with Gasteiger partial charge in [0.2, 0.25) is 5.89 Å². The van der Waals surface area contributed by atoms with Crippen molar-refractivity contribution in [1.29, 1.82) is 0 Å². The highest BCUT2D eigenvalue weighted by atomic mass is 32.2. The zero-order chi connectivity index (χ0) is 13.8. The summed E-state index contributed by atoms with van der Waals surface area (Å²) in [6, 6.07) is 10.2. The number of hydrogen-bond donors (Lipinski definition) is 1. The van der Waals surface area contributed by atoms with Crippen LogP contribution in [0.3, 0.4) is 0 Å². The number of aromatic nitrogens is 2. The number of nitrogens with zero attached hydrogens (tertiary/aromatic N) is 2. The number of aryl methyl sites for hydroxylation is 1. The van der Waals surface area contributed by atoms with Crippen LogP contribution in [0.25, 0.3) is 0 Å². The van der Waals surface area contributed by atoms with Crippen LogP contribution in [-0.4, -0.2) is 15.9 Å². The van der Waals surface area contributed by atoms with Gasteiger partial charge >= 0.3 is 0 Å². The second-order valence-electron chi connectivity index (χ2n) is 5.12. The maximum Gasteiger partial charge on any atom is 0.243 e. The third kappa shape index (κ3) is 3.22. The van der Waals surface area contributed by atoms with E-state index in [0.717, 1.165) is 25.1 Å². The van der Waals surface area contributed by atoms with Crippen molar-refractivity contribution in [3.05, 3.63) is 47.6 Å². The normalized spacial score (nSPS) is 20.1. The van der Waals surface area contributed by atoms with Gasteiger partial charge in [-0.25, -0.2) is 0 Å². The first-order valence-corrected chi connectivity index (χ1v) is 8.12. The fourth-order valence-corrected chi connectivity index (χ4v) is 3.60. The lowest BCUT2D eigenvalue weighted by molar-refractivity contribution is 0.345. The molecule has 2 atom stereocenters. The van der Waals surface area contributed by atoms with Crippen LogP contribution in [-0.2, 0) is 6.42 Å². The number of benzene rings is 1. The van der Waals surface area contributed by atoms with Crippen LogP contribution in [0.2, 0.25) is 0 Å². The van der Waals surface area contributed by atoms with E-state index in [1.165, 1.54) is 17.7 Å². The van der Waals surface area contributed by atoms with Crippen molar-refractivity contribution in [2.24, 2.45) is 5.73 Å². The highest BCUT2D eigenvalue weighted by Crippen LogP contribution is 2.38. The summed E-state index contributed by atoms with van der Waals surface area (Å²) in [5.74, 6) is 2.58. The van der Waals surface area contributed by atoms with E-state index in [1.54, 1.807) is 0 Å². The van der Waals surface area contributed by atoms with E-state index >= 15 is 0 Å². The van der Waals surface area contributed by atoms with Gasteiger partial charge in [-0.2, -0.15) is 16.7 Å². The van der Waals surface area contributed by atoms with E-state index in [1.807, 2.05) is 30.0 Å². The zero-order valence-corrected chi connectivity index (χ0v) is 12.2. The van der Waals surface area contributed by atoms with Crippen molar-refractivity contribution in [2.75, 3.05) is 5.75 Å². The number of hydrogen-bond acceptors (Lipinski definition) is 5. The number of thioether (sulfide) groups is 1. The van der Waals surface area contributed by atoms with Crippen molar-refractivity contribution in [2.45, 2.75) is 37.0 Å². The molecule has 0 radical (unpaired) electrons. The molecule has 1 fully saturated rings. The first kappa shape index (κ1) is 13.6. The Kier molecular flexibility index (Phi) is 4.38. The second kappa shape index (κ2) is 6.41. The van der Waals surface area contributed by atoms with Gasteiger partial charge in [-0.15, -0.1) is 0 Å². The molecular formula is C15H19N3OS. The lowest BCUT2D eigenvalue weighted by Crippen LogP contribution is -2.12. The van der Waals surface area contributed by atoms with Crippen LogP contribution in [0.1, 0.15) is 47.8 Å². The average molecular weight is 289 g/mol. The number of nitrogens with two attached hydrogens (primary N) is 1. The molecule has 5 heteroatoms. The molecule has 0 saturated carbocycles. The summed E-state index contributed by atoms with van der Waals surface area (Å²) in [4.78, 5) is 4.48. The minimum Gasteiger partial charge on any atom is -0.338 e. The van der Waals surface area contributed by atoms with Gasteiger partial charge < -0.3 is 10.3 Å². The predicted molar refractivity (Wildman–Crippen MR) is 80.4 cm³/mol. The van der Waals surface area contributed by atoms with Crippen LogP contribution in [0.15, 0.2) is 34.9 Å². The van der Waals surface area contributed by atoms with E-state index in [0.29, 0.717) is 11.1 Å². The topological polar surface area (TPSA) is 64.9 Å². The Labute approximate surface area is 123 Å². The lowest BCUT2D eigenvalue weighted by atomic mass is 10.1. The monoisotopic (exact) mass is 289 g/mol. The van der Waals surface area contributed by atoms with Crippen molar-refractivity contribution in [1.82, 2.24) is 10.1 Å². The summed E-state index contributed by atoms with van der Waals surface area (Å²) in [5.41, 5.74) is 7.44.